The molecule has 1 unspecified atom stereocenters. The molecule has 3 heteroatoms. The summed E-state index contributed by atoms with van der Waals surface area (Å²) in [6, 6.07) is 8.83. The van der Waals surface area contributed by atoms with Crippen LogP contribution in [0.3, 0.4) is 0 Å². The maximum atomic E-state index is 12.7. The number of benzene rings is 1. The van der Waals surface area contributed by atoms with E-state index in [1.165, 1.54) is 24.0 Å². The zero-order valence-corrected chi connectivity index (χ0v) is 15.9. The highest BCUT2D eigenvalue weighted by Gasteiger charge is 2.27. The third kappa shape index (κ3) is 5.87. The first kappa shape index (κ1) is 18.4. The lowest BCUT2D eigenvalue weighted by atomic mass is 10.0. The fraction of sp³-hybridized carbons (Fsp3) is 0.650. The Balaban J connectivity index is 1.91. The molecule has 1 aliphatic rings. The van der Waals surface area contributed by atoms with E-state index in [-0.39, 0.29) is 4.75 Å². The molecule has 0 bridgehead atoms. The van der Waals surface area contributed by atoms with E-state index in [1.807, 2.05) is 11.8 Å². The van der Waals surface area contributed by atoms with E-state index in [0.717, 1.165) is 25.1 Å². The first-order chi connectivity index (χ1) is 10.9. The summed E-state index contributed by atoms with van der Waals surface area (Å²) in [4.78, 5) is 14.9. The summed E-state index contributed by atoms with van der Waals surface area (Å²) in [5.74, 6) is 1.41. The van der Waals surface area contributed by atoms with Crippen LogP contribution in [0.4, 0.5) is 0 Å². The van der Waals surface area contributed by atoms with Gasteiger partial charge in [0.05, 0.1) is 0 Å². The van der Waals surface area contributed by atoms with Crippen molar-refractivity contribution >= 4 is 17.7 Å². The number of amides is 1. The van der Waals surface area contributed by atoms with E-state index in [4.69, 9.17) is 0 Å². The van der Waals surface area contributed by atoms with Gasteiger partial charge >= 0.3 is 0 Å². The largest absolute Gasteiger partial charge is 0.339 e. The van der Waals surface area contributed by atoms with Gasteiger partial charge in [-0.3, -0.25) is 4.79 Å². The molecule has 23 heavy (non-hydrogen) atoms. The van der Waals surface area contributed by atoms with Gasteiger partial charge in [-0.2, -0.15) is 11.8 Å². The average molecular weight is 334 g/mol. The number of carbonyl (C=O) groups excluding carboxylic acids is 1. The van der Waals surface area contributed by atoms with E-state index in [1.54, 1.807) is 0 Å². The van der Waals surface area contributed by atoms with E-state index >= 15 is 0 Å². The summed E-state index contributed by atoms with van der Waals surface area (Å²) in [5, 5.41) is 0. The Hall–Kier alpha value is -0.960. The average Bonchev–Trinajstić information content (AvgIpc) is 2.51. The molecule has 1 aliphatic heterocycles. The second-order valence-corrected chi connectivity index (χ2v) is 9.43. The predicted octanol–water partition coefficient (Wildman–Crippen LogP) is 4.84. The van der Waals surface area contributed by atoms with E-state index < -0.39 is 0 Å². The van der Waals surface area contributed by atoms with Crippen LogP contribution in [0.2, 0.25) is 0 Å². The van der Waals surface area contributed by atoms with Gasteiger partial charge in [0.1, 0.15) is 0 Å². The summed E-state index contributed by atoms with van der Waals surface area (Å²) < 4.78 is 0.271. The van der Waals surface area contributed by atoms with Gasteiger partial charge in [0.2, 0.25) is 5.91 Å². The zero-order chi connectivity index (χ0) is 16.9. The molecule has 1 saturated heterocycles. The van der Waals surface area contributed by atoms with Gasteiger partial charge < -0.3 is 4.90 Å². The molecule has 1 aromatic carbocycles. The van der Waals surface area contributed by atoms with E-state index in [2.05, 4.69) is 56.9 Å². The van der Waals surface area contributed by atoms with Crippen LogP contribution in [-0.4, -0.2) is 33.9 Å². The number of carbonyl (C=O) groups is 1. The lowest BCUT2D eigenvalue weighted by Gasteiger charge is -2.37. The molecule has 1 atom stereocenters. The molecule has 1 fully saturated rings. The monoisotopic (exact) mass is 333 g/mol. The fourth-order valence-corrected chi connectivity index (χ4v) is 4.16. The zero-order valence-electron chi connectivity index (χ0n) is 15.1. The van der Waals surface area contributed by atoms with Crippen LogP contribution in [0.1, 0.15) is 57.6 Å². The first-order valence-electron chi connectivity index (χ1n) is 8.85. The van der Waals surface area contributed by atoms with Crippen molar-refractivity contribution in [1.29, 1.82) is 0 Å². The number of thioether (sulfide) groups is 1. The molecule has 2 nitrogen and oxygen atoms in total. The van der Waals surface area contributed by atoms with Crippen molar-refractivity contribution in [3.63, 3.8) is 0 Å². The van der Waals surface area contributed by atoms with Gasteiger partial charge in [-0.25, -0.2) is 0 Å². The Bertz CT molecular complexity index is 521. The lowest BCUT2D eigenvalue weighted by Crippen LogP contribution is -2.45. The lowest BCUT2D eigenvalue weighted by molar-refractivity contribution is -0.134. The molecule has 128 valence electrons. The minimum absolute atomic E-state index is 0.271. The van der Waals surface area contributed by atoms with Crippen LogP contribution in [0.25, 0.3) is 0 Å². The molecule has 1 heterocycles. The van der Waals surface area contributed by atoms with Crippen molar-refractivity contribution in [3.8, 4) is 0 Å². The Labute approximate surface area is 146 Å². The van der Waals surface area contributed by atoms with Crippen LogP contribution in [-0.2, 0) is 11.2 Å². The molecular weight excluding hydrogens is 302 g/mol. The Morgan fingerprint density at radius 3 is 2.70 bits per heavy atom. The minimum Gasteiger partial charge on any atom is -0.339 e. The van der Waals surface area contributed by atoms with Crippen molar-refractivity contribution in [2.45, 2.75) is 70.6 Å². The smallest absolute Gasteiger partial charge is 0.223 e. The van der Waals surface area contributed by atoms with Gasteiger partial charge in [0.25, 0.3) is 0 Å². The Kier molecular flexibility index (Phi) is 6.58. The second-order valence-electron chi connectivity index (χ2n) is 7.59. The maximum absolute atomic E-state index is 12.7. The quantitative estimate of drug-likeness (QED) is 0.768. The Morgan fingerprint density at radius 1 is 1.26 bits per heavy atom. The number of aryl methyl sites for hydroxylation is 2. The number of hydrogen-bond donors (Lipinski definition) is 0. The molecule has 0 saturated carbocycles. The molecule has 1 amide bonds. The molecule has 0 N–H and O–H groups in total. The highest BCUT2D eigenvalue weighted by atomic mass is 32.2. The number of rotatable bonds is 5. The van der Waals surface area contributed by atoms with Crippen molar-refractivity contribution in [2.24, 2.45) is 0 Å². The predicted molar refractivity (Wildman–Crippen MR) is 101 cm³/mol. The molecule has 1 aromatic rings. The molecule has 0 radical (unpaired) electrons. The van der Waals surface area contributed by atoms with Crippen LogP contribution in [0.15, 0.2) is 24.3 Å². The molecule has 0 aliphatic carbocycles. The molecular formula is C20H31NOS. The molecule has 0 spiro atoms. The highest BCUT2D eigenvalue weighted by molar-refractivity contribution is 8.00. The number of nitrogens with zero attached hydrogens (tertiary/aromatic N) is 1. The summed E-state index contributed by atoms with van der Waals surface area (Å²) in [6.07, 6.45) is 5.09. The third-order valence-electron chi connectivity index (χ3n) is 4.53. The van der Waals surface area contributed by atoms with Gasteiger partial charge in [0.15, 0.2) is 0 Å². The SMILES string of the molecule is Cc1ccccc1CCC(=O)N1CCCCC1CSC(C)(C)C. The maximum Gasteiger partial charge on any atom is 0.223 e. The summed E-state index contributed by atoms with van der Waals surface area (Å²) in [5.41, 5.74) is 2.59. The van der Waals surface area contributed by atoms with Crippen LogP contribution in [0, 0.1) is 6.92 Å². The van der Waals surface area contributed by atoms with Gasteiger partial charge in [-0.05, 0) is 43.7 Å². The van der Waals surface area contributed by atoms with E-state index in [0.29, 0.717) is 18.4 Å². The summed E-state index contributed by atoms with van der Waals surface area (Å²) >= 11 is 1.98. The highest BCUT2D eigenvalue weighted by Crippen LogP contribution is 2.29. The van der Waals surface area contributed by atoms with Crippen molar-refractivity contribution in [3.05, 3.63) is 35.4 Å². The topological polar surface area (TPSA) is 20.3 Å². The van der Waals surface area contributed by atoms with Crippen LogP contribution in [0.5, 0.6) is 0 Å². The van der Waals surface area contributed by atoms with Gasteiger partial charge in [-0.15, -0.1) is 0 Å². The first-order valence-corrected chi connectivity index (χ1v) is 9.83. The minimum atomic E-state index is 0.271. The summed E-state index contributed by atoms with van der Waals surface area (Å²) in [6.45, 7) is 9.84. The standard InChI is InChI=1S/C20H31NOS/c1-16-9-5-6-10-17(16)12-13-19(22)21-14-8-7-11-18(21)15-23-20(2,3)4/h5-6,9-10,18H,7-8,11-15H2,1-4H3. The van der Waals surface area contributed by atoms with Gasteiger partial charge in [0, 0.05) is 29.5 Å². The van der Waals surface area contributed by atoms with Gasteiger partial charge in [-0.1, -0.05) is 45.0 Å². The fourth-order valence-electron chi connectivity index (χ4n) is 3.12. The third-order valence-corrected chi connectivity index (χ3v) is 5.94. The van der Waals surface area contributed by atoms with Crippen molar-refractivity contribution < 1.29 is 4.79 Å². The molecule has 0 aromatic heterocycles. The van der Waals surface area contributed by atoms with Crippen LogP contribution >= 0.6 is 11.8 Å². The normalized spacial score (nSPS) is 19.0. The Morgan fingerprint density at radius 2 is 2.00 bits per heavy atom. The number of piperidine rings is 1. The summed E-state index contributed by atoms with van der Waals surface area (Å²) in [7, 11) is 0. The van der Waals surface area contributed by atoms with E-state index in [9.17, 15) is 4.79 Å². The van der Waals surface area contributed by atoms with Crippen molar-refractivity contribution in [1.82, 2.24) is 4.90 Å². The van der Waals surface area contributed by atoms with Crippen LogP contribution < -0.4 is 0 Å². The second kappa shape index (κ2) is 8.23. The molecule has 2 rings (SSSR count). The number of likely N-dealkylation sites (tertiary alicyclic amines) is 1. The number of hydrogen-bond acceptors (Lipinski definition) is 2. The van der Waals surface area contributed by atoms with Crippen molar-refractivity contribution in [2.75, 3.05) is 12.3 Å².